The lowest BCUT2D eigenvalue weighted by molar-refractivity contribution is -0.0752. The molecule has 2 rings (SSSR count). The summed E-state index contributed by atoms with van der Waals surface area (Å²) in [5.41, 5.74) is 1.28. The molecule has 0 aromatic heterocycles. The normalized spacial score (nSPS) is 35.7. The third-order valence-electron chi connectivity index (χ3n) is 3.27. The number of benzene rings is 1. The highest BCUT2D eigenvalue weighted by atomic mass is 127. The fraction of sp³-hybridized carbons (Fsp3) is 0.538. The van der Waals surface area contributed by atoms with Crippen molar-refractivity contribution in [2.75, 3.05) is 4.43 Å². The molecule has 0 radical (unpaired) electrons. The second-order valence-electron chi connectivity index (χ2n) is 4.78. The third-order valence-corrected chi connectivity index (χ3v) is 4.88. The Bertz CT molecular complexity index is 338. The second-order valence-corrected chi connectivity index (χ2v) is 5.55. The van der Waals surface area contributed by atoms with Crippen LogP contribution in [0.1, 0.15) is 32.3 Å². The highest BCUT2D eigenvalue weighted by Gasteiger charge is 2.43. The van der Waals surface area contributed by atoms with E-state index in [1.165, 1.54) is 5.56 Å². The van der Waals surface area contributed by atoms with Gasteiger partial charge in [0.2, 0.25) is 0 Å². The van der Waals surface area contributed by atoms with Crippen molar-refractivity contribution in [1.82, 2.24) is 0 Å². The van der Waals surface area contributed by atoms with Crippen molar-refractivity contribution < 1.29 is 4.74 Å². The van der Waals surface area contributed by atoms with Crippen molar-refractivity contribution >= 4 is 22.6 Å². The van der Waals surface area contributed by atoms with Gasteiger partial charge in [-0.15, -0.1) is 0 Å². The van der Waals surface area contributed by atoms with Crippen molar-refractivity contribution in [1.29, 1.82) is 0 Å². The summed E-state index contributed by atoms with van der Waals surface area (Å²) in [4.78, 5) is 0. The average molecular weight is 316 g/mol. The summed E-state index contributed by atoms with van der Waals surface area (Å²) in [5, 5.41) is 0. The minimum atomic E-state index is -0.0822. The van der Waals surface area contributed by atoms with Crippen molar-refractivity contribution in [3.05, 3.63) is 35.9 Å². The van der Waals surface area contributed by atoms with Crippen LogP contribution < -0.4 is 0 Å². The molecule has 1 nitrogen and oxygen atoms in total. The SMILES string of the molecule is CC1(CI)CCC(C)(c2ccccc2)O1. The molecule has 0 amide bonds. The van der Waals surface area contributed by atoms with E-state index in [9.17, 15) is 0 Å². The third kappa shape index (κ3) is 2.21. The second kappa shape index (κ2) is 4.06. The first-order chi connectivity index (χ1) is 7.08. The van der Waals surface area contributed by atoms with E-state index in [2.05, 4.69) is 66.8 Å². The molecule has 1 heterocycles. The number of hydrogen-bond acceptors (Lipinski definition) is 1. The molecule has 2 atom stereocenters. The zero-order chi connectivity index (χ0) is 10.9. The van der Waals surface area contributed by atoms with Gasteiger partial charge in [-0.25, -0.2) is 0 Å². The van der Waals surface area contributed by atoms with Crippen LogP contribution in [0.5, 0.6) is 0 Å². The summed E-state index contributed by atoms with van der Waals surface area (Å²) >= 11 is 2.42. The summed E-state index contributed by atoms with van der Waals surface area (Å²) in [7, 11) is 0. The lowest BCUT2D eigenvalue weighted by Gasteiger charge is -2.29. The Labute approximate surface area is 105 Å². The maximum Gasteiger partial charge on any atom is 0.0912 e. The van der Waals surface area contributed by atoms with Gasteiger partial charge in [-0.3, -0.25) is 0 Å². The Kier molecular flexibility index (Phi) is 3.08. The first-order valence-electron chi connectivity index (χ1n) is 5.40. The van der Waals surface area contributed by atoms with Crippen LogP contribution in [-0.2, 0) is 10.3 Å². The number of ether oxygens (including phenoxy) is 1. The van der Waals surface area contributed by atoms with Gasteiger partial charge in [0.25, 0.3) is 0 Å². The van der Waals surface area contributed by atoms with Crippen molar-refractivity contribution in [3.8, 4) is 0 Å². The molecular formula is C13H17IO. The fourth-order valence-corrected chi connectivity index (χ4v) is 2.77. The standard InChI is InChI=1S/C13H17IO/c1-12(10-14)8-9-13(2,15-12)11-6-4-3-5-7-11/h3-7H,8-10H2,1-2H3. The zero-order valence-electron chi connectivity index (χ0n) is 9.29. The van der Waals surface area contributed by atoms with Crippen LogP contribution in [0.3, 0.4) is 0 Å². The van der Waals surface area contributed by atoms with Gasteiger partial charge in [-0.05, 0) is 32.3 Å². The van der Waals surface area contributed by atoms with Crippen molar-refractivity contribution in [2.24, 2.45) is 0 Å². The van der Waals surface area contributed by atoms with Crippen molar-refractivity contribution in [2.45, 2.75) is 37.9 Å². The summed E-state index contributed by atoms with van der Waals surface area (Å²) in [6.45, 7) is 4.42. The molecule has 1 aliphatic rings. The summed E-state index contributed by atoms with van der Waals surface area (Å²) in [6, 6.07) is 10.6. The van der Waals surface area contributed by atoms with Gasteiger partial charge < -0.3 is 4.74 Å². The van der Waals surface area contributed by atoms with Crippen LogP contribution in [0.15, 0.2) is 30.3 Å². The maximum atomic E-state index is 6.26. The van der Waals surface area contributed by atoms with Crippen LogP contribution in [0.25, 0.3) is 0 Å². The lowest BCUT2D eigenvalue weighted by atomic mass is 9.92. The van der Waals surface area contributed by atoms with Gasteiger partial charge in [0.15, 0.2) is 0 Å². The molecule has 82 valence electrons. The Balaban J connectivity index is 2.24. The van der Waals surface area contributed by atoms with Gasteiger partial charge in [-0.2, -0.15) is 0 Å². The topological polar surface area (TPSA) is 9.23 Å². The minimum Gasteiger partial charge on any atom is -0.364 e. The quantitative estimate of drug-likeness (QED) is 0.594. The first-order valence-corrected chi connectivity index (χ1v) is 6.92. The first kappa shape index (κ1) is 11.4. The molecule has 1 fully saturated rings. The van der Waals surface area contributed by atoms with E-state index in [0.717, 1.165) is 17.3 Å². The molecule has 0 N–H and O–H groups in total. The van der Waals surface area contributed by atoms with Crippen LogP contribution in [-0.4, -0.2) is 10.0 Å². The van der Waals surface area contributed by atoms with E-state index in [0.29, 0.717) is 0 Å². The largest absolute Gasteiger partial charge is 0.364 e. The Morgan fingerprint density at radius 1 is 1.20 bits per heavy atom. The smallest absolute Gasteiger partial charge is 0.0912 e. The summed E-state index contributed by atoms with van der Waals surface area (Å²) in [5.74, 6) is 0. The molecule has 1 aliphatic heterocycles. The highest BCUT2D eigenvalue weighted by Crippen LogP contribution is 2.44. The molecular weight excluding hydrogens is 299 g/mol. The number of hydrogen-bond donors (Lipinski definition) is 0. The Hall–Kier alpha value is -0.0900. The van der Waals surface area contributed by atoms with E-state index in [1.807, 2.05) is 0 Å². The van der Waals surface area contributed by atoms with Gasteiger partial charge in [-0.1, -0.05) is 52.9 Å². The van der Waals surface area contributed by atoms with Gasteiger partial charge >= 0.3 is 0 Å². The van der Waals surface area contributed by atoms with E-state index < -0.39 is 0 Å². The molecule has 0 aliphatic carbocycles. The molecule has 0 bridgehead atoms. The molecule has 1 aromatic rings. The minimum absolute atomic E-state index is 0.0607. The molecule has 0 saturated carbocycles. The van der Waals surface area contributed by atoms with Crippen LogP contribution >= 0.6 is 22.6 Å². The predicted molar refractivity (Wildman–Crippen MR) is 71.4 cm³/mol. The Morgan fingerprint density at radius 3 is 2.40 bits per heavy atom. The van der Waals surface area contributed by atoms with E-state index in [1.54, 1.807) is 0 Å². The van der Waals surface area contributed by atoms with Crippen molar-refractivity contribution in [3.63, 3.8) is 0 Å². The van der Waals surface area contributed by atoms with E-state index in [4.69, 9.17) is 4.74 Å². The van der Waals surface area contributed by atoms with Gasteiger partial charge in [0, 0.05) is 4.43 Å². The van der Waals surface area contributed by atoms with E-state index >= 15 is 0 Å². The maximum absolute atomic E-state index is 6.26. The molecule has 1 saturated heterocycles. The molecule has 2 heteroatoms. The number of halogens is 1. The van der Waals surface area contributed by atoms with Crippen LogP contribution in [0.2, 0.25) is 0 Å². The highest BCUT2D eigenvalue weighted by molar-refractivity contribution is 14.1. The Morgan fingerprint density at radius 2 is 1.87 bits per heavy atom. The summed E-state index contributed by atoms with van der Waals surface area (Å²) < 4.78 is 7.33. The van der Waals surface area contributed by atoms with Crippen LogP contribution in [0, 0.1) is 0 Å². The number of rotatable bonds is 2. The summed E-state index contributed by atoms with van der Waals surface area (Å²) in [6.07, 6.45) is 2.28. The van der Waals surface area contributed by atoms with E-state index in [-0.39, 0.29) is 11.2 Å². The monoisotopic (exact) mass is 316 g/mol. The lowest BCUT2D eigenvalue weighted by Crippen LogP contribution is -2.30. The van der Waals surface area contributed by atoms with Gasteiger partial charge in [0.05, 0.1) is 11.2 Å². The number of alkyl halides is 1. The van der Waals surface area contributed by atoms with Crippen LogP contribution in [0.4, 0.5) is 0 Å². The fourth-order valence-electron chi connectivity index (χ4n) is 2.24. The predicted octanol–water partition coefficient (Wildman–Crippen LogP) is 3.91. The molecule has 0 spiro atoms. The molecule has 15 heavy (non-hydrogen) atoms. The molecule has 1 aromatic carbocycles. The average Bonchev–Trinajstić information content (AvgIpc) is 2.59. The molecule has 2 unspecified atom stereocenters. The zero-order valence-corrected chi connectivity index (χ0v) is 11.5. The van der Waals surface area contributed by atoms with Gasteiger partial charge in [0.1, 0.15) is 0 Å².